The van der Waals surface area contributed by atoms with Gasteiger partial charge in [0.25, 0.3) is 0 Å². The molecule has 1 unspecified atom stereocenters. The van der Waals surface area contributed by atoms with Crippen molar-refractivity contribution in [2.75, 3.05) is 0 Å². The third-order valence-corrected chi connectivity index (χ3v) is 2.07. The minimum Gasteiger partial charge on any atom is -0.480 e. The van der Waals surface area contributed by atoms with Crippen molar-refractivity contribution in [1.29, 1.82) is 0 Å². The Labute approximate surface area is 95.3 Å². The van der Waals surface area contributed by atoms with Gasteiger partial charge >= 0.3 is 5.97 Å². The molecule has 86 valence electrons. The number of aliphatic carboxylic acids is 1. The molecule has 0 aliphatic heterocycles. The van der Waals surface area contributed by atoms with E-state index in [1.165, 1.54) is 0 Å². The van der Waals surface area contributed by atoms with Crippen LogP contribution in [0.1, 0.15) is 19.8 Å². The highest BCUT2D eigenvalue weighted by molar-refractivity contribution is 9.10. The number of amides is 2. The SMILES string of the molecule is CC(Br)C(=O)N[C@@H](CCC(N)=O)C(=O)O. The third kappa shape index (κ3) is 6.05. The summed E-state index contributed by atoms with van der Waals surface area (Å²) in [6, 6.07) is -1.08. The first-order valence-corrected chi connectivity index (χ1v) is 5.21. The van der Waals surface area contributed by atoms with Crippen molar-refractivity contribution in [2.45, 2.75) is 30.6 Å². The average molecular weight is 281 g/mol. The fourth-order valence-electron chi connectivity index (χ4n) is 0.831. The molecule has 0 aromatic carbocycles. The van der Waals surface area contributed by atoms with Crippen LogP contribution in [-0.4, -0.2) is 33.8 Å². The van der Waals surface area contributed by atoms with E-state index in [9.17, 15) is 14.4 Å². The zero-order chi connectivity index (χ0) is 12.0. The zero-order valence-electron chi connectivity index (χ0n) is 8.20. The highest BCUT2D eigenvalue weighted by atomic mass is 79.9. The standard InChI is InChI=1S/C8H13BrN2O4/c1-4(9)7(13)11-5(8(14)15)2-3-6(10)12/h4-5H,2-3H2,1H3,(H2,10,12)(H,11,13)(H,14,15)/t4?,5-/m0/s1. The van der Waals surface area contributed by atoms with E-state index in [1.807, 2.05) is 0 Å². The van der Waals surface area contributed by atoms with Gasteiger partial charge in [0.05, 0.1) is 4.83 Å². The van der Waals surface area contributed by atoms with E-state index >= 15 is 0 Å². The molecular formula is C8H13BrN2O4. The van der Waals surface area contributed by atoms with Crippen LogP contribution in [0.3, 0.4) is 0 Å². The first-order valence-electron chi connectivity index (χ1n) is 4.30. The Bertz CT molecular complexity index is 267. The maximum absolute atomic E-state index is 11.2. The molecule has 15 heavy (non-hydrogen) atoms. The Hall–Kier alpha value is -1.11. The van der Waals surface area contributed by atoms with Gasteiger partial charge in [-0.1, -0.05) is 15.9 Å². The molecule has 0 aliphatic carbocycles. The van der Waals surface area contributed by atoms with Gasteiger partial charge in [-0.3, -0.25) is 9.59 Å². The van der Waals surface area contributed by atoms with Gasteiger partial charge < -0.3 is 16.2 Å². The quantitative estimate of drug-likeness (QED) is 0.575. The number of carboxylic acids is 1. The average Bonchev–Trinajstić information content (AvgIpc) is 2.10. The van der Waals surface area contributed by atoms with Crippen molar-refractivity contribution >= 4 is 33.7 Å². The number of primary amides is 1. The van der Waals surface area contributed by atoms with Crippen LogP contribution in [0.25, 0.3) is 0 Å². The molecule has 4 N–H and O–H groups in total. The van der Waals surface area contributed by atoms with E-state index in [-0.39, 0.29) is 12.8 Å². The van der Waals surface area contributed by atoms with Crippen LogP contribution in [-0.2, 0) is 14.4 Å². The van der Waals surface area contributed by atoms with Gasteiger partial charge in [-0.05, 0) is 13.3 Å². The summed E-state index contributed by atoms with van der Waals surface area (Å²) in [5.74, 6) is -2.22. The van der Waals surface area contributed by atoms with Crippen LogP contribution in [0, 0.1) is 0 Å². The lowest BCUT2D eigenvalue weighted by molar-refractivity contribution is -0.142. The lowest BCUT2D eigenvalue weighted by Gasteiger charge is -2.14. The third-order valence-electron chi connectivity index (χ3n) is 1.66. The molecule has 7 heteroatoms. The number of rotatable bonds is 6. The Balaban J connectivity index is 4.22. The summed E-state index contributed by atoms with van der Waals surface area (Å²) in [6.07, 6.45) is -0.0793. The zero-order valence-corrected chi connectivity index (χ0v) is 9.78. The largest absolute Gasteiger partial charge is 0.480 e. The van der Waals surface area contributed by atoms with E-state index in [0.29, 0.717) is 0 Å². The number of nitrogens with one attached hydrogen (secondary N) is 1. The number of alkyl halides is 1. The Kier molecular flexibility index (Phi) is 5.92. The van der Waals surface area contributed by atoms with Crippen LogP contribution in [0.4, 0.5) is 0 Å². The van der Waals surface area contributed by atoms with Gasteiger partial charge in [0.2, 0.25) is 11.8 Å². The number of carbonyl (C=O) groups excluding carboxylic acids is 2. The van der Waals surface area contributed by atoms with Gasteiger partial charge in [-0.25, -0.2) is 4.79 Å². The summed E-state index contributed by atoms with van der Waals surface area (Å²) in [7, 11) is 0. The molecule has 0 saturated carbocycles. The molecule has 0 aromatic heterocycles. The minimum atomic E-state index is -1.18. The first-order chi connectivity index (χ1) is 6.84. The molecule has 0 spiro atoms. The van der Waals surface area contributed by atoms with E-state index < -0.39 is 28.7 Å². The number of hydrogen-bond donors (Lipinski definition) is 3. The molecule has 6 nitrogen and oxygen atoms in total. The van der Waals surface area contributed by atoms with Crippen LogP contribution in [0.2, 0.25) is 0 Å². The summed E-state index contributed by atoms with van der Waals surface area (Å²) >= 11 is 3.00. The number of hydrogen-bond acceptors (Lipinski definition) is 3. The van der Waals surface area contributed by atoms with Crippen molar-refractivity contribution in [3.8, 4) is 0 Å². The first kappa shape index (κ1) is 13.9. The molecule has 0 heterocycles. The smallest absolute Gasteiger partial charge is 0.326 e. The Morgan fingerprint density at radius 1 is 1.47 bits per heavy atom. The summed E-state index contributed by atoms with van der Waals surface area (Å²) in [4.78, 5) is 31.8. The van der Waals surface area contributed by atoms with Gasteiger partial charge in [0, 0.05) is 6.42 Å². The molecule has 0 saturated heterocycles. The second-order valence-corrected chi connectivity index (χ2v) is 4.39. The Morgan fingerprint density at radius 2 is 2.00 bits per heavy atom. The van der Waals surface area contributed by atoms with Crippen LogP contribution < -0.4 is 11.1 Å². The van der Waals surface area contributed by atoms with Crippen LogP contribution in [0.5, 0.6) is 0 Å². The highest BCUT2D eigenvalue weighted by Crippen LogP contribution is 2.01. The monoisotopic (exact) mass is 280 g/mol. The van der Waals surface area contributed by atoms with Crippen molar-refractivity contribution in [3.63, 3.8) is 0 Å². The lowest BCUT2D eigenvalue weighted by atomic mass is 10.1. The molecule has 0 fully saturated rings. The predicted molar refractivity (Wildman–Crippen MR) is 56.4 cm³/mol. The van der Waals surface area contributed by atoms with Gasteiger partial charge in [0.1, 0.15) is 6.04 Å². The number of halogens is 1. The summed E-state index contributed by atoms with van der Waals surface area (Å²) in [6.45, 7) is 1.57. The molecule has 2 atom stereocenters. The lowest BCUT2D eigenvalue weighted by Crippen LogP contribution is -2.43. The minimum absolute atomic E-state index is 0.00384. The molecule has 0 aliphatic rings. The normalized spacial score (nSPS) is 14.0. The van der Waals surface area contributed by atoms with Crippen molar-refractivity contribution in [1.82, 2.24) is 5.32 Å². The van der Waals surface area contributed by atoms with Crippen LogP contribution in [0.15, 0.2) is 0 Å². The van der Waals surface area contributed by atoms with E-state index in [2.05, 4.69) is 21.2 Å². The fourth-order valence-corrected chi connectivity index (χ4v) is 0.963. The maximum atomic E-state index is 11.2. The molecule has 2 amide bonds. The number of nitrogens with two attached hydrogens (primary N) is 1. The molecule has 0 rings (SSSR count). The summed E-state index contributed by atoms with van der Waals surface area (Å²) in [5.41, 5.74) is 4.88. The van der Waals surface area contributed by atoms with E-state index in [1.54, 1.807) is 6.92 Å². The van der Waals surface area contributed by atoms with Crippen molar-refractivity contribution < 1.29 is 19.5 Å². The Morgan fingerprint density at radius 3 is 2.33 bits per heavy atom. The topological polar surface area (TPSA) is 109 Å². The molecular weight excluding hydrogens is 268 g/mol. The van der Waals surface area contributed by atoms with Gasteiger partial charge in [-0.15, -0.1) is 0 Å². The number of carbonyl (C=O) groups is 3. The molecule has 0 radical (unpaired) electrons. The second kappa shape index (κ2) is 6.39. The van der Waals surface area contributed by atoms with Crippen molar-refractivity contribution in [2.24, 2.45) is 5.73 Å². The van der Waals surface area contributed by atoms with E-state index in [0.717, 1.165) is 0 Å². The molecule has 0 aromatic rings. The summed E-state index contributed by atoms with van der Waals surface area (Å²) in [5, 5.41) is 11.0. The highest BCUT2D eigenvalue weighted by Gasteiger charge is 2.21. The van der Waals surface area contributed by atoms with Crippen molar-refractivity contribution in [3.05, 3.63) is 0 Å². The second-order valence-electron chi connectivity index (χ2n) is 3.02. The maximum Gasteiger partial charge on any atom is 0.326 e. The predicted octanol–water partition coefficient (Wildman–Crippen LogP) is -0.395. The van der Waals surface area contributed by atoms with Gasteiger partial charge in [-0.2, -0.15) is 0 Å². The number of carboxylic acid groups (broad SMARTS) is 1. The molecule has 0 bridgehead atoms. The van der Waals surface area contributed by atoms with Crippen LogP contribution >= 0.6 is 15.9 Å². The van der Waals surface area contributed by atoms with E-state index in [4.69, 9.17) is 10.8 Å². The van der Waals surface area contributed by atoms with Gasteiger partial charge in [0.15, 0.2) is 0 Å². The fraction of sp³-hybridized carbons (Fsp3) is 0.625. The summed E-state index contributed by atoms with van der Waals surface area (Å²) < 4.78 is 0.